The molecule has 146 valence electrons. The van der Waals surface area contributed by atoms with Gasteiger partial charge in [-0.2, -0.15) is 0 Å². The van der Waals surface area contributed by atoms with Gasteiger partial charge in [0.15, 0.2) is 0 Å². The number of hydrogen-bond donors (Lipinski definition) is 1. The summed E-state index contributed by atoms with van der Waals surface area (Å²) in [7, 11) is 0. The van der Waals surface area contributed by atoms with Crippen molar-refractivity contribution in [1.82, 2.24) is 15.1 Å². The third-order valence-corrected chi connectivity index (χ3v) is 5.73. The number of amides is 3. The molecule has 0 aliphatic carbocycles. The van der Waals surface area contributed by atoms with Crippen molar-refractivity contribution >= 4 is 17.7 Å². The molecule has 3 rings (SSSR count). The second-order valence-electron chi connectivity index (χ2n) is 7.96. The van der Waals surface area contributed by atoms with Crippen LogP contribution in [0.1, 0.15) is 52.4 Å². The average Bonchev–Trinajstić information content (AvgIpc) is 3.03. The smallest absolute Gasteiger partial charge is 0.243 e. The quantitative estimate of drug-likeness (QED) is 0.804. The highest BCUT2D eigenvalue weighted by Crippen LogP contribution is 2.28. The Labute approximate surface area is 155 Å². The van der Waals surface area contributed by atoms with Crippen LogP contribution in [-0.2, 0) is 19.1 Å². The molecule has 0 bridgehead atoms. The summed E-state index contributed by atoms with van der Waals surface area (Å²) in [6, 6.07) is -0.224. The van der Waals surface area contributed by atoms with Crippen molar-refractivity contribution in [2.24, 2.45) is 5.92 Å². The molecule has 3 fully saturated rings. The Morgan fingerprint density at radius 1 is 1.08 bits per heavy atom. The zero-order valence-electron chi connectivity index (χ0n) is 15.9. The SMILES string of the molecule is CC(C)NC(=O)C1CCC(=O)N1C1CCN(C(=O)C2CCOCC2)CC1. The summed E-state index contributed by atoms with van der Waals surface area (Å²) in [6.45, 7) is 6.54. The Kier molecular flexibility index (Phi) is 6.16. The van der Waals surface area contributed by atoms with Gasteiger partial charge in [0.25, 0.3) is 0 Å². The van der Waals surface area contributed by atoms with Gasteiger partial charge in [0.05, 0.1) is 0 Å². The third-order valence-electron chi connectivity index (χ3n) is 5.73. The largest absolute Gasteiger partial charge is 0.381 e. The summed E-state index contributed by atoms with van der Waals surface area (Å²) >= 11 is 0. The van der Waals surface area contributed by atoms with Crippen LogP contribution in [0.15, 0.2) is 0 Å². The van der Waals surface area contributed by atoms with Gasteiger partial charge < -0.3 is 19.9 Å². The van der Waals surface area contributed by atoms with Gasteiger partial charge in [-0.25, -0.2) is 0 Å². The van der Waals surface area contributed by atoms with Crippen LogP contribution in [0.3, 0.4) is 0 Å². The minimum Gasteiger partial charge on any atom is -0.381 e. The normalized spacial score (nSPS) is 25.8. The number of ether oxygens (including phenoxy) is 1. The minimum absolute atomic E-state index is 0.0495. The predicted molar refractivity (Wildman–Crippen MR) is 96.3 cm³/mol. The molecule has 0 radical (unpaired) electrons. The molecule has 3 heterocycles. The fraction of sp³-hybridized carbons (Fsp3) is 0.842. The van der Waals surface area contributed by atoms with Crippen LogP contribution < -0.4 is 5.32 Å². The first-order valence-electron chi connectivity index (χ1n) is 9.95. The number of hydrogen-bond acceptors (Lipinski definition) is 4. The van der Waals surface area contributed by atoms with Crippen LogP contribution in [0.5, 0.6) is 0 Å². The molecule has 26 heavy (non-hydrogen) atoms. The lowest BCUT2D eigenvalue weighted by molar-refractivity contribution is -0.143. The summed E-state index contributed by atoms with van der Waals surface area (Å²) in [6.07, 6.45) is 4.16. The molecule has 3 saturated heterocycles. The first-order valence-corrected chi connectivity index (χ1v) is 9.95. The number of likely N-dealkylation sites (tertiary alicyclic amines) is 2. The first-order chi connectivity index (χ1) is 12.5. The topological polar surface area (TPSA) is 79.0 Å². The molecule has 7 nitrogen and oxygen atoms in total. The number of nitrogens with one attached hydrogen (secondary N) is 1. The monoisotopic (exact) mass is 365 g/mol. The van der Waals surface area contributed by atoms with Crippen LogP contribution in [0.25, 0.3) is 0 Å². The van der Waals surface area contributed by atoms with Crippen LogP contribution in [0.2, 0.25) is 0 Å². The Bertz CT molecular complexity index is 537. The van der Waals surface area contributed by atoms with Crippen LogP contribution in [0, 0.1) is 5.92 Å². The van der Waals surface area contributed by atoms with E-state index in [-0.39, 0.29) is 41.8 Å². The van der Waals surface area contributed by atoms with Crippen LogP contribution in [0.4, 0.5) is 0 Å². The van der Waals surface area contributed by atoms with E-state index in [1.54, 1.807) is 4.90 Å². The molecule has 0 aromatic rings. The maximum Gasteiger partial charge on any atom is 0.243 e. The molecule has 0 aromatic heterocycles. The molecule has 7 heteroatoms. The fourth-order valence-electron chi connectivity index (χ4n) is 4.37. The van der Waals surface area contributed by atoms with E-state index in [0.717, 1.165) is 25.7 Å². The van der Waals surface area contributed by atoms with Crippen molar-refractivity contribution in [2.75, 3.05) is 26.3 Å². The van der Waals surface area contributed by atoms with Gasteiger partial charge in [0.1, 0.15) is 6.04 Å². The molecule has 3 aliphatic rings. The molecular formula is C19H31N3O4. The second kappa shape index (κ2) is 8.37. The lowest BCUT2D eigenvalue weighted by Crippen LogP contribution is -2.54. The van der Waals surface area contributed by atoms with Gasteiger partial charge in [-0.05, 0) is 46.0 Å². The summed E-state index contributed by atoms with van der Waals surface area (Å²) in [5, 5.41) is 2.94. The number of rotatable bonds is 4. The number of carbonyl (C=O) groups excluding carboxylic acids is 3. The zero-order valence-corrected chi connectivity index (χ0v) is 15.9. The predicted octanol–water partition coefficient (Wildman–Crippen LogP) is 0.920. The van der Waals surface area contributed by atoms with Crippen molar-refractivity contribution < 1.29 is 19.1 Å². The highest BCUT2D eigenvalue weighted by atomic mass is 16.5. The highest BCUT2D eigenvalue weighted by Gasteiger charge is 2.42. The van der Waals surface area contributed by atoms with E-state index in [4.69, 9.17) is 4.74 Å². The standard InChI is InChI=1S/C19H31N3O4/c1-13(2)20-18(24)16-3-4-17(23)22(16)15-5-9-21(10-6-15)19(25)14-7-11-26-12-8-14/h13-16H,3-12H2,1-2H3,(H,20,24). The Morgan fingerprint density at radius 2 is 1.73 bits per heavy atom. The summed E-state index contributed by atoms with van der Waals surface area (Å²) in [5.74, 6) is 0.335. The van der Waals surface area contributed by atoms with Crippen molar-refractivity contribution in [2.45, 2.75) is 70.5 Å². The molecule has 0 spiro atoms. The van der Waals surface area contributed by atoms with Gasteiger partial charge in [-0.15, -0.1) is 0 Å². The van der Waals surface area contributed by atoms with Crippen LogP contribution in [-0.4, -0.2) is 72.0 Å². The number of nitrogens with zero attached hydrogens (tertiary/aromatic N) is 2. The van der Waals surface area contributed by atoms with E-state index < -0.39 is 0 Å². The second-order valence-corrected chi connectivity index (χ2v) is 7.96. The highest BCUT2D eigenvalue weighted by molar-refractivity contribution is 5.91. The van der Waals surface area contributed by atoms with Gasteiger partial charge in [0, 0.05) is 50.7 Å². The third kappa shape index (κ3) is 4.19. The van der Waals surface area contributed by atoms with Crippen molar-refractivity contribution in [3.8, 4) is 0 Å². The first kappa shape index (κ1) is 19.1. The average molecular weight is 365 g/mol. The molecule has 3 amide bonds. The van der Waals surface area contributed by atoms with Gasteiger partial charge in [0.2, 0.25) is 17.7 Å². The number of piperidine rings is 1. The maximum atomic E-state index is 12.7. The van der Waals surface area contributed by atoms with E-state index in [1.165, 1.54) is 0 Å². The van der Waals surface area contributed by atoms with E-state index in [9.17, 15) is 14.4 Å². The van der Waals surface area contributed by atoms with Crippen LogP contribution >= 0.6 is 0 Å². The van der Waals surface area contributed by atoms with Gasteiger partial charge in [-0.1, -0.05) is 0 Å². The maximum absolute atomic E-state index is 12.7. The van der Waals surface area contributed by atoms with E-state index in [2.05, 4.69) is 5.32 Å². The molecule has 1 atom stereocenters. The lowest BCUT2D eigenvalue weighted by Gasteiger charge is -2.40. The van der Waals surface area contributed by atoms with Gasteiger partial charge in [-0.3, -0.25) is 14.4 Å². The van der Waals surface area contributed by atoms with Crippen molar-refractivity contribution in [1.29, 1.82) is 0 Å². The summed E-state index contributed by atoms with van der Waals surface area (Å²) < 4.78 is 5.34. The molecule has 0 saturated carbocycles. The molecule has 0 aromatic carbocycles. The van der Waals surface area contributed by atoms with E-state index in [0.29, 0.717) is 39.1 Å². The fourth-order valence-corrected chi connectivity index (χ4v) is 4.37. The Morgan fingerprint density at radius 3 is 2.35 bits per heavy atom. The summed E-state index contributed by atoms with van der Waals surface area (Å²) in [4.78, 5) is 41.2. The zero-order chi connectivity index (χ0) is 18.7. The van der Waals surface area contributed by atoms with Gasteiger partial charge >= 0.3 is 0 Å². The Hall–Kier alpha value is -1.63. The molecule has 3 aliphatic heterocycles. The molecule has 1 unspecified atom stereocenters. The number of carbonyl (C=O) groups is 3. The molecule has 1 N–H and O–H groups in total. The minimum atomic E-state index is -0.354. The van der Waals surface area contributed by atoms with E-state index in [1.807, 2.05) is 18.7 Å². The molecular weight excluding hydrogens is 334 g/mol. The van der Waals surface area contributed by atoms with Crippen molar-refractivity contribution in [3.63, 3.8) is 0 Å². The van der Waals surface area contributed by atoms with Crippen molar-refractivity contribution in [3.05, 3.63) is 0 Å². The summed E-state index contributed by atoms with van der Waals surface area (Å²) in [5.41, 5.74) is 0. The Balaban J connectivity index is 1.56. The van der Waals surface area contributed by atoms with E-state index >= 15 is 0 Å². The lowest BCUT2D eigenvalue weighted by atomic mass is 9.95.